The summed E-state index contributed by atoms with van der Waals surface area (Å²) >= 11 is 17.5. The lowest BCUT2D eigenvalue weighted by atomic mass is 10.1. The number of hydrogen-bond acceptors (Lipinski definition) is 3. The van der Waals surface area contributed by atoms with Gasteiger partial charge in [-0.15, -0.1) is 0 Å². The number of carbonyl (C=O) groups excluding carboxylic acids is 2. The first kappa shape index (κ1) is 17.6. The summed E-state index contributed by atoms with van der Waals surface area (Å²) in [6.07, 6.45) is 0. The molecule has 0 saturated heterocycles. The van der Waals surface area contributed by atoms with Gasteiger partial charge in [0.1, 0.15) is 5.75 Å². The minimum Gasteiger partial charge on any atom is -0.482 e. The van der Waals surface area contributed by atoms with E-state index in [1.807, 2.05) is 0 Å². The van der Waals surface area contributed by atoms with E-state index >= 15 is 0 Å². The molecule has 0 aliphatic heterocycles. The van der Waals surface area contributed by atoms with E-state index < -0.39 is 5.91 Å². The third-order valence-electron chi connectivity index (χ3n) is 2.85. The second-order valence-electron chi connectivity index (χ2n) is 4.57. The molecule has 0 bridgehead atoms. The number of nitrogens with one attached hydrogen (secondary N) is 1. The highest BCUT2D eigenvalue weighted by Crippen LogP contribution is 2.27. The van der Waals surface area contributed by atoms with Gasteiger partial charge in [-0.3, -0.25) is 9.59 Å². The summed E-state index contributed by atoms with van der Waals surface area (Å²) in [7, 11) is 0. The van der Waals surface area contributed by atoms with Crippen LogP contribution < -0.4 is 10.1 Å². The average Bonchev–Trinajstić information content (AvgIpc) is 2.51. The Morgan fingerprint density at radius 1 is 1.00 bits per heavy atom. The Labute approximate surface area is 148 Å². The summed E-state index contributed by atoms with van der Waals surface area (Å²) in [6.45, 7) is -0.402. The van der Waals surface area contributed by atoms with Gasteiger partial charge in [0, 0.05) is 15.6 Å². The fourth-order valence-electron chi connectivity index (χ4n) is 1.73. The van der Waals surface area contributed by atoms with Crippen molar-refractivity contribution >= 4 is 46.5 Å². The molecular formula is C16H12Cl3NO3. The maximum absolute atomic E-state index is 11.9. The summed E-state index contributed by atoms with van der Waals surface area (Å²) in [5.41, 5.74) is 0.430. The molecule has 0 radical (unpaired) electrons. The quantitative estimate of drug-likeness (QED) is 0.779. The molecule has 2 rings (SSSR count). The Morgan fingerprint density at radius 3 is 2.43 bits per heavy atom. The molecule has 2 aromatic carbocycles. The van der Waals surface area contributed by atoms with Gasteiger partial charge in [0.15, 0.2) is 12.4 Å². The molecular weight excluding hydrogens is 361 g/mol. The second-order valence-corrected chi connectivity index (χ2v) is 5.85. The van der Waals surface area contributed by atoms with Crippen LogP contribution in [-0.4, -0.2) is 24.8 Å². The number of ketones is 1. The van der Waals surface area contributed by atoms with Crippen molar-refractivity contribution in [2.75, 3.05) is 13.2 Å². The zero-order chi connectivity index (χ0) is 16.8. The standard InChI is InChI=1S/C16H12Cl3NO3/c17-11-3-1-2-10(6-11)14(21)8-20-16(22)9-23-15-5-4-12(18)7-13(15)19/h1-7H,8-9H2,(H,20,22). The molecule has 1 amide bonds. The van der Waals surface area contributed by atoms with Gasteiger partial charge in [0.25, 0.3) is 5.91 Å². The van der Waals surface area contributed by atoms with Crippen molar-refractivity contribution in [3.63, 3.8) is 0 Å². The van der Waals surface area contributed by atoms with Crippen molar-refractivity contribution in [1.82, 2.24) is 5.32 Å². The van der Waals surface area contributed by atoms with Gasteiger partial charge in [-0.25, -0.2) is 0 Å². The molecule has 23 heavy (non-hydrogen) atoms. The second kappa shape index (κ2) is 8.20. The molecule has 0 aliphatic rings. The molecule has 0 fully saturated rings. The number of rotatable bonds is 6. The van der Waals surface area contributed by atoms with Crippen molar-refractivity contribution in [3.8, 4) is 5.75 Å². The van der Waals surface area contributed by atoms with E-state index in [1.54, 1.807) is 36.4 Å². The average molecular weight is 373 g/mol. The highest BCUT2D eigenvalue weighted by Gasteiger charge is 2.10. The Morgan fingerprint density at radius 2 is 1.74 bits per heavy atom. The van der Waals surface area contributed by atoms with Crippen LogP contribution in [0.25, 0.3) is 0 Å². The van der Waals surface area contributed by atoms with Crippen molar-refractivity contribution in [3.05, 3.63) is 63.1 Å². The van der Waals surface area contributed by atoms with Crippen molar-refractivity contribution in [1.29, 1.82) is 0 Å². The topological polar surface area (TPSA) is 55.4 Å². The van der Waals surface area contributed by atoms with Crippen LogP contribution in [0, 0.1) is 0 Å². The first-order valence-electron chi connectivity index (χ1n) is 6.59. The lowest BCUT2D eigenvalue weighted by molar-refractivity contribution is -0.122. The molecule has 120 valence electrons. The lowest BCUT2D eigenvalue weighted by Gasteiger charge is -2.09. The van der Waals surface area contributed by atoms with Gasteiger partial charge < -0.3 is 10.1 Å². The minimum atomic E-state index is -0.439. The molecule has 0 heterocycles. The third kappa shape index (κ3) is 5.43. The van der Waals surface area contributed by atoms with E-state index in [9.17, 15) is 9.59 Å². The Kier molecular flexibility index (Phi) is 6.28. The number of ether oxygens (including phenoxy) is 1. The maximum Gasteiger partial charge on any atom is 0.258 e. The molecule has 1 N–H and O–H groups in total. The fourth-order valence-corrected chi connectivity index (χ4v) is 2.38. The van der Waals surface area contributed by atoms with E-state index in [0.29, 0.717) is 26.4 Å². The summed E-state index contributed by atoms with van der Waals surface area (Å²) in [5, 5.41) is 3.71. The number of benzene rings is 2. The van der Waals surface area contributed by atoms with E-state index in [2.05, 4.69) is 5.32 Å². The van der Waals surface area contributed by atoms with Gasteiger partial charge >= 0.3 is 0 Å². The summed E-state index contributed by atoms with van der Waals surface area (Å²) in [6, 6.07) is 11.2. The van der Waals surface area contributed by atoms with E-state index in [0.717, 1.165) is 0 Å². The smallest absolute Gasteiger partial charge is 0.258 e. The van der Waals surface area contributed by atoms with E-state index in [4.69, 9.17) is 39.5 Å². The molecule has 0 spiro atoms. The highest BCUT2D eigenvalue weighted by atomic mass is 35.5. The zero-order valence-corrected chi connectivity index (χ0v) is 14.1. The van der Waals surface area contributed by atoms with Crippen LogP contribution >= 0.6 is 34.8 Å². The van der Waals surface area contributed by atoms with E-state index in [1.165, 1.54) is 6.07 Å². The number of hydrogen-bond donors (Lipinski definition) is 1. The van der Waals surface area contributed by atoms with Crippen molar-refractivity contribution < 1.29 is 14.3 Å². The Hall–Kier alpha value is -1.75. The molecule has 4 nitrogen and oxygen atoms in total. The van der Waals surface area contributed by atoms with Crippen LogP contribution in [0.4, 0.5) is 0 Å². The predicted octanol–water partition coefficient (Wildman–Crippen LogP) is 4.02. The van der Waals surface area contributed by atoms with Crippen molar-refractivity contribution in [2.45, 2.75) is 0 Å². The zero-order valence-electron chi connectivity index (χ0n) is 11.8. The Bertz CT molecular complexity index is 734. The first-order chi connectivity index (χ1) is 11.0. The molecule has 2 aromatic rings. The molecule has 0 aromatic heterocycles. The number of amides is 1. The van der Waals surface area contributed by atoms with Crippen LogP contribution in [0.1, 0.15) is 10.4 Å². The first-order valence-corrected chi connectivity index (χ1v) is 7.72. The van der Waals surface area contributed by atoms with E-state index in [-0.39, 0.29) is 18.9 Å². The fraction of sp³-hybridized carbons (Fsp3) is 0.125. The SMILES string of the molecule is O=C(COc1ccc(Cl)cc1Cl)NCC(=O)c1cccc(Cl)c1. The van der Waals surface area contributed by atoms with Crippen LogP contribution in [-0.2, 0) is 4.79 Å². The largest absolute Gasteiger partial charge is 0.482 e. The molecule has 0 aliphatic carbocycles. The summed E-state index contributed by atoms with van der Waals surface area (Å²) < 4.78 is 5.28. The number of halogens is 3. The van der Waals surface area contributed by atoms with Gasteiger partial charge in [-0.1, -0.05) is 46.9 Å². The summed E-state index contributed by atoms with van der Waals surface area (Å²) in [4.78, 5) is 23.6. The van der Waals surface area contributed by atoms with Crippen LogP contribution in [0.2, 0.25) is 15.1 Å². The molecule has 0 atom stereocenters. The predicted molar refractivity (Wildman–Crippen MR) is 90.7 cm³/mol. The monoisotopic (exact) mass is 371 g/mol. The normalized spacial score (nSPS) is 10.2. The van der Waals surface area contributed by atoms with Crippen LogP contribution in [0.15, 0.2) is 42.5 Å². The van der Waals surface area contributed by atoms with Crippen molar-refractivity contribution in [2.24, 2.45) is 0 Å². The van der Waals surface area contributed by atoms with Gasteiger partial charge in [-0.2, -0.15) is 0 Å². The Balaban J connectivity index is 1.82. The molecule has 0 unspecified atom stereocenters. The highest BCUT2D eigenvalue weighted by molar-refractivity contribution is 6.35. The van der Waals surface area contributed by atoms with Crippen LogP contribution in [0.5, 0.6) is 5.75 Å². The maximum atomic E-state index is 11.9. The van der Waals surface area contributed by atoms with Gasteiger partial charge in [0.05, 0.1) is 11.6 Å². The minimum absolute atomic E-state index is 0.142. The van der Waals surface area contributed by atoms with Gasteiger partial charge in [0.2, 0.25) is 0 Å². The van der Waals surface area contributed by atoms with Crippen LogP contribution in [0.3, 0.4) is 0 Å². The lowest BCUT2D eigenvalue weighted by Crippen LogP contribution is -2.33. The third-order valence-corrected chi connectivity index (χ3v) is 3.61. The molecule has 0 saturated carbocycles. The van der Waals surface area contributed by atoms with Gasteiger partial charge in [-0.05, 0) is 30.3 Å². The number of Topliss-reactive ketones (excluding diaryl/α,β-unsaturated/α-hetero) is 1. The molecule has 7 heteroatoms. The number of carbonyl (C=O) groups is 2. The summed E-state index contributed by atoms with van der Waals surface area (Å²) in [5.74, 6) is -0.343.